The lowest BCUT2D eigenvalue weighted by Gasteiger charge is -2.07. The Bertz CT molecular complexity index is 955. The van der Waals surface area contributed by atoms with E-state index in [4.69, 9.17) is 0 Å². The number of fused-ring (bicyclic) bond motifs is 2. The second kappa shape index (κ2) is 6.72. The minimum Gasteiger partial charge on any atom is -0.0587 e. The Morgan fingerprint density at radius 3 is 1.36 bits per heavy atom. The van der Waals surface area contributed by atoms with Gasteiger partial charge in [-0.15, -0.1) is 0 Å². The molecule has 0 aliphatic heterocycles. The molecule has 0 heterocycles. The topological polar surface area (TPSA) is 0 Å². The molecule has 0 aromatic heterocycles. The Morgan fingerprint density at radius 2 is 0.880 bits per heavy atom. The van der Waals surface area contributed by atoms with Gasteiger partial charge in [0.25, 0.3) is 0 Å². The molecule has 0 radical (unpaired) electrons. The van der Waals surface area contributed by atoms with Gasteiger partial charge in [-0.3, -0.25) is 0 Å². The van der Waals surface area contributed by atoms with Crippen molar-refractivity contribution < 1.29 is 0 Å². The molecule has 4 aromatic carbocycles. The zero-order valence-corrected chi connectivity index (χ0v) is 15.0. The molecule has 0 fully saturated rings. The third-order valence-electron chi connectivity index (χ3n) is 5.05. The van der Waals surface area contributed by atoms with Crippen molar-refractivity contribution in [1.29, 1.82) is 0 Å². The molecule has 0 saturated heterocycles. The fourth-order valence-corrected chi connectivity index (χ4v) is 3.64. The van der Waals surface area contributed by atoms with Gasteiger partial charge in [-0.1, -0.05) is 83.9 Å². The van der Waals surface area contributed by atoms with Crippen LogP contribution < -0.4 is 0 Å². The van der Waals surface area contributed by atoms with Crippen LogP contribution in [0.5, 0.6) is 0 Å². The second-order valence-corrected chi connectivity index (χ2v) is 7.22. The SMILES string of the molecule is Cc1ccc2cc(CCCc3ccc4cc(C)ccc4c3)ccc2c1. The molecule has 0 atom stereocenters. The van der Waals surface area contributed by atoms with Crippen LogP contribution >= 0.6 is 0 Å². The molecule has 4 rings (SSSR count). The van der Waals surface area contributed by atoms with Crippen molar-refractivity contribution in [2.75, 3.05) is 0 Å². The molecule has 0 spiro atoms. The summed E-state index contributed by atoms with van der Waals surface area (Å²) in [5.41, 5.74) is 5.53. The predicted molar refractivity (Wildman–Crippen MR) is 109 cm³/mol. The fraction of sp³-hybridized carbons (Fsp3) is 0.200. The van der Waals surface area contributed by atoms with Gasteiger partial charge in [0.15, 0.2) is 0 Å². The zero-order chi connectivity index (χ0) is 17.2. The van der Waals surface area contributed by atoms with Crippen molar-refractivity contribution in [3.05, 3.63) is 95.1 Å². The summed E-state index contributed by atoms with van der Waals surface area (Å²) in [5, 5.41) is 5.38. The largest absolute Gasteiger partial charge is 0.0587 e. The van der Waals surface area contributed by atoms with E-state index in [1.807, 2.05) is 0 Å². The number of rotatable bonds is 4. The van der Waals surface area contributed by atoms with Gasteiger partial charge >= 0.3 is 0 Å². The van der Waals surface area contributed by atoms with Gasteiger partial charge in [-0.25, -0.2) is 0 Å². The first-order valence-corrected chi connectivity index (χ1v) is 9.16. The van der Waals surface area contributed by atoms with Crippen LogP contribution in [-0.2, 0) is 12.8 Å². The van der Waals surface area contributed by atoms with Gasteiger partial charge in [-0.2, -0.15) is 0 Å². The number of hydrogen-bond donors (Lipinski definition) is 0. The lowest BCUT2D eigenvalue weighted by molar-refractivity contribution is 0.822. The number of aryl methyl sites for hydroxylation is 4. The van der Waals surface area contributed by atoms with Gasteiger partial charge in [0, 0.05) is 0 Å². The Labute approximate surface area is 150 Å². The van der Waals surface area contributed by atoms with E-state index in [0.29, 0.717) is 0 Å². The van der Waals surface area contributed by atoms with Crippen molar-refractivity contribution in [2.24, 2.45) is 0 Å². The maximum atomic E-state index is 2.35. The van der Waals surface area contributed by atoms with Crippen LogP contribution in [0.2, 0.25) is 0 Å². The molecule has 0 aliphatic carbocycles. The summed E-state index contributed by atoms with van der Waals surface area (Å²) in [5.74, 6) is 0. The molecular weight excluding hydrogens is 300 g/mol. The van der Waals surface area contributed by atoms with Crippen LogP contribution in [0.25, 0.3) is 21.5 Å². The molecule has 0 nitrogen and oxygen atoms in total. The lowest BCUT2D eigenvalue weighted by Crippen LogP contribution is -1.91. The molecule has 25 heavy (non-hydrogen) atoms. The van der Waals surface area contributed by atoms with Crippen LogP contribution in [0.1, 0.15) is 28.7 Å². The Hall–Kier alpha value is -2.60. The monoisotopic (exact) mass is 324 g/mol. The first-order valence-electron chi connectivity index (χ1n) is 9.16. The van der Waals surface area contributed by atoms with E-state index in [2.05, 4.69) is 86.6 Å². The van der Waals surface area contributed by atoms with Crippen LogP contribution in [0.15, 0.2) is 72.8 Å². The normalized spacial score (nSPS) is 11.3. The van der Waals surface area contributed by atoms with Crippen LogP contribution in [-0.4, -0.2) is 0 Å². The van der Waals surface area contributed by atoms with Gasteiger partial charge in [0.2, 0.25) is 0 Å². The molecular formula is C25H24. The summed E-state index contributed by atoms with van der Waals surface area (Å²) >= 11 is 0. The highest BCUT2D eigenvalue weighted by atomic mass is 14.1. The summed E-state index contributed by atoms with van der Waals surface area (Å²) in [6, 6.07) is 27.2. The maximum Gasteiger partial charge on any atom is -0.0181 e. The summed E-state index contributed by atoms with van der Waals surface area (Å²) in [4.78, 5) is 0. The fourth-order valence-electron chi connectivity index (χ4n) is 3.64. The molecule has 0 N–H and O–H groups in total. The average Bonchev–Trinajstić information content (AvgIpc) is 2.62. The summed E-state index contributed by atoms with van der Waals surface area (Å²) < 4.78 is 0. The number of hydrogen-bond acceptors (Lipinski definition) is 0. The van der Waals surface area contributed by atoms with E-state index in [1.54, 1.807) is 0 Å². The molecule has 0 aliphatic rings. The van der Waals surface area contributed by atoms with Crippen LogP contribution in [0, 0.1) is 13.8 Å². The zero-order valence-electron chi connectivity index (χ0n) is 15.0. The van der Waals surface area contributed by atoms with Crippen molar-refractivity contribution in [1.82, 2.24) is 0 Å². The van der Waals surface area contributed by atoms with E-state index in [-0.39, 0.29) is 0 Å². The molecule has 0 unspecified atom stereocenters. The molecule has 4 aromatic rings. The van der Waals surface area contributed by atoms with Crippen molar-refractivity contribution in [3.8, 4) is 0 Å². The Balaban J connectivity index is 1.45. The highest BCUT2D eigenvalue weighted by molar-refractivity contribution is 5.84. The first-order chi connectivity index (χ1) is 12.2. The van der Waals surface area contributed by atoms with E-state index >= 15 is 0 Å². The second-order valence-electron chi connectivity index (χ2n) is 7.22. The van der Waals surface area contributed by atoms with Crippen molar-refractivity contribution in [3.63, 3.8) is 0 Å². The van der Waals surface area contributed by atoms with Gasteiger partial charge in [0.05, 0.1) is 0 Å². The smallest absolute Gasteiger partial charge is 0.0181 e. The van der Waals surface area contributed by atoms with E-state index < -0.39 is 0 Å². The van der Waals surface area contributed by atoms with Gasteiger partial charge in [-0.05, 0) is 65.8 Å². The number of benzene rings is 4. The third kappa shape index (κ3) is 3.58. The molecule has 124 valence electrons. The summed E-state index contributed by atoms with van der Waals surface area (Å²) in [6.07, 6.45) is 3.46. The predicted octanol–water partition coefficient (Wildman–Crippen LogP) is 6.79. The van der Waals surface area contributed by atoms with E-state index in [9.17, 15) is 0 Å². The summed E-state index contributed by atoms with van der Waals surface area (Å²) in [7, 11) is 0. The van der Waals surface area contributed by atoms with Gasteiger partial charge < -0.3 is 0 Å². The van der Waals surface area contributed by atoms with E-state index in [1.165, 1.54) is 50.2 Å². The Morgan fingerprint density at radius 1 is 0.480 bits per heavy atom. The molecule has 0 bridgehead atoms. The highest BCUT2D eigenvalue weighted by Crippen LogP contribution is 2.21. The van der Waals surface area contributed by atoms with Gasteiger partial charge in [0.1, 0.15) is 0 Å². The maximum absolute atomic E-state index is 2.35. The molecule has 0 heteroatoms. The minimum atomic E-state index is 1.13. The minimum absolute atomic E-state index is 1.13. The highest BCUT2D eigenvalue weighted by Gasteiger charge is 2.01. The molecule has 0 saturated carbocycles. The standard InChI is InChI=1S/C25H24/c1-18-6-10-24-16-20(8-12-22(24)14-18)4-3-5-21-9-13-23-15-19(2)7-11-25(23)17-21/h6-17H,3-5H2,1-2H3. The lowest BCUT2D eigenvalue weighted by atomic mass is 9.98. The van der Waals surface area contributed by atoms with Crippen LogP contribution in [0.3, 0.4) is 0 Å². The third-order valence-corrected chi connectivity index (χ3v) is 5.05. The quantitative estimate of drug-likeness (QED) is 0.388. The van der Waals surface area contributed by atoms with Crippen molar-refractivity contribution >= 4 is 21.5 Å². The van der Waals surface area contributed by atoms with Crippen molar-refractivity contribution in [2.45, 2.75) is 33.1 Å². The molecule has 0 amide bonds. The summed E-state index contributed by atoms with van der Waals surface area (Å²) in [6.45, 7) is 4.30. The van der Waals surface area contributed by atoms with Crippen LogP contribution in [0.4, 0.5) is 0 Å². The van der Waals surface area contributed by atoms with E-state index in [0.717, 1.165) is 12.8 Å². The first kappa shape index (κ1) is 15.9. The average molecular weight is 324 g/mol. The Kier molecular flexibility index (Phi) is 4.28.